The molecule has 1 amide bonds. The molecule has 0 aromatic heterocycles. The minimum atomic E-state index is -4.10. The van der Waals surface area contributed by atoms with Crippen LogP contribution in [0.4, 0.5) is 11.4 Å². The standard InChI is InChI=1S/C27H30N4O5S/c32-27(28-19-22-9-5-6-10-23(22)20-29-17-7-2-8-18-29)21-30(24-13-15-25(16-14-24)31(33)34)37(35,36)26-11-3-1-4-12-26/h1,3-6,9-16H,2,7-8,17-21H2,(H,28,32). The van der Waals surface area contributed by atoms with Gasteiger partial charge in [0.15, 0.2) is 0 Å². The highest BCUT2D eigenvalue weighted by atomic mass is 32.2. The second-order valence-corrected chi connectivity index (χ2v) is 10.8. The van der Waals surface area contributed by atoms with Gasteiger partial charge < -0.3 is 5.32 Å². The summed E-state index contributed by atoms with van der Waals surface area (Å²) >= 11 is 0. The first-order valence-electron chi connectivity index (χ1n) is 12.2. The van der Waals surface area contributed by atoms with Crippen molar-refractivity contribution in [1.82, 2.24) is 10.2 Å². The number of carbonyl (C=O) groups is 1. The minimum Gasteiger partial charge on any atom is -0.350 e. The highest BCUT2D eigenvalue weighted by Crippen LogP contribution is 2.26. The number of nitrogens with zero attached hydrogens (tertiary/aromatic N) is 3. The number of hydrogen-bond acceptors (Lipinski definition) is 6. The van der Waals surface area contributed by atoms with E-state index in [0.29, 0.717) is 0 Å². The predicted octanol–water partition coefficient (Wildman–Crippen LogP) is 4.09. The maximum atomic E-state index is 13.4. The molecule has 4 rings (SSSR count). The van der Waals surface area contributed by atoms with Crippen molar-refractivity contribution >= 4 is 27.3 Å². The van der Waals surface area contributed by atoms with Crippen LogP contribution in [-0.2, 0) is 27.9 Å². The SMILES string of the molecule is O=C(CN(c1ccc([N+](=O)[O-])cc1)S(=O)(=O)c1ccccc1)NCc1ccccc1CN1CCCCC1. The van der Waals surface area contributed by atoms with Crippen LogP contribution in [0.1, 0.15) is 30.4 Å². The molecule has 0 bridgehead atoms. The number of nitro benzene ring substituents is 1. The topological polar surface area (TPSA) is 113 Å². The van der Waals surface area contributed by atoms with E-state index in [1.165, 1.54) is 55.7 Å². The molecule has 3 aromatic carbocycles. The molecule has 1 aliphatic rings. The summed E-state index contributed by atoms with van der Waals surface area (Å²) in [7, 11) is -4.10. The zero-order chi connectivity index (χ0) is 26.3. The van der Waals surface area contributed by atoms with Gasteiger partial charge in [-0.15, -0.1) is 0 Å². The van der Waals surface area contributed by atoms with Crippen LogP contribution >= 0.6 is 0 Å². The Morgan fingerprint density at radius 3 is 2.16 bits per heavy atom. The molecule has 37 heavy (non-hydrogen) atoms. The Labute approximate surface area is 216 Å². The van der Waals surface area contributed by atoms with E-state index in [9.17, 15) is 23.3 Å². The summed E-state index contributed by atoms with van der Waals surface area (Å²) in [6.07, 6.45) is 3.63. The van der Waals surface area contributed by atoms with Crippen molar-refractivity contribution < 1.29 is 18.1 Å². The van der Waals surface area contributed by atoms with Crippen LogP contribution in [0.15, 0.2) is 83.8 Å². The highest BCUT2D eigenvalue weighted by Gasteiger charge is 2.27. The Bertz CT molecular complexity index is 1320. The molecule has 0 saturated carbocycles. The molecule has 1 N–H and O–H groups in total. The number of non-ortho nitro benzene ring substituents is 1. The molecule has 0 unspecified atom stereocenters. The van der Waals surface area contributed by atoms with Gasteiger partial charge in [-0.05, 0) is 61.3 Å². The lowest BCUT2D eigenvalue weighted by Crippen LogP contribution is -2.40. The van der Waals surface area contributed by atoms with Gasteiger partial charge in [0.05, 0.1) is 15.5 Å². The summed E-state index contributed by atoms with van der Waals surface area (Å²) in [5.74, 6) is -0.481. The molecule has 194 valence electrons. The Hall–Kier alpha value is -3.76. The average molecular weight is 523 g/mol. The Morgan fingerprint density at radius 2 is 1.51 bits per heavy atom. The number of carbonyl (C=O) groups excluding carboxylic acids is 1. The lowest BCUT2D eigenvalue weighted by atomic mass is 10.0. The van der Waals surface area contributed by atoms with Crippen LogP contribution in [-0.4, -0.2) is 43.8 Å². The zero-order valence-electron chi connectivity index (χ0n) is 20.5. The van der Waals surface area contributed by atoms with Gasteiger partial charge in [-0.1, -0.05) is 48.9 Å². The van der Waals surface area contributed by atoms with Gasteiger partial charge in [-0.2, -0.15) is 0 Å². The fourth-order valence-corrected chi connectivity index (χ4v) is 5.84. The van der Waals surface area contributed by atoms with Gasteiger partial charge in [-0.3, -0.25) is 24.1 Å². The number of nitrogens with one attached hydrogen (secondary N) is 1. The van der Waals surface area contributed by atoms with Crippen LogP contribution in [0, 0.1) is 10.1 Å². The molecule has 0 atom stereocenters. The van der Waals surface area contributed by atoms with Crippen LogP contribution in [0.2, 0.25) is 0 Å². The Kier molecular flexibility index (Phi) is 8.52. The van der Waals surface area contributed by atoms with Gasteiger partial charge in [0.1, 0.15) is 6.54 Å². The van der Waals surface area contributed by atoms with E-state index in [2.05, 4.69) is 16.3 Å². The van der Waals surface area contributed by atoms with Crippen LogP contribution in [0.25, 0.3) is 0 Å². The second kappa shape index (κ2) is 12.0. The number of sulfonamides is 1. The number of rotatable bonds is 10. The highest BCUT2D eigenvalue weighted by molar-refractivity contribution is 7.92. The molecule has 1 fully saturated rings. The largest absolute Gasteiger partial charge is 0.350 e. The molecular formula is C27H30N4O5S. The molecule has 1 heterocycles. The lowest BCUT2D eigenvalue weighted by Gasteiger charge is -2.27. The number of hydrogen-bond donors (Lipinski definition) is 1. The Balaban J connectivity index is 1.51. The third kappa shape index (κ3) is 6.72. The quantitative estimate of drug-likeness (QED) is 0.317. The van der Waals surface area contributed by atoms with E-state index >= 15 is 0 Å². The van der Waals surface area contributed by atoms with E-state index < -0.39 is 27.4 Å². The number of likely N-dealkylation sites (tertiary alicyclic amines) is 1. The van der Waals surface area contributed by atoms with Crippen LogP contribution < -0.4 is 9.62 Å². The molecule has 0 aliphatic carbocycles. The number of anilines is 1. The van der Waals surface area contributed by atoms with E-state index in [4.69, 9.17) is 0 Å². The first kappa shape index (κ1) is 26.3. The minimum absolute atomic E-state index is 0.0213. The maximum absolute atomic E-state index is 13.4. The second-order valence-electron chi connectivity index (χ2n) is 8.98. The summed E-state index contributed by atoms with van der Waals surface area (Å²) in [4.78, 5) is 25.9. The molecule has 1 saturated heterocycles. The first-order valence-corrected chi connectivity index (χ1v) is 13.7. The van der Waals surface area contributed by atoms with Crippen molar-refractivity contribution in [3.05, 3.63) is 100 Å². The predicted molar refractivity (Wildman–Crippen MR) is 141 cm³/mol. The van der Waals surface area contributed by atoms with Gasteiger partial charge in [-0.25, -0.2) is 8.42 Å². The molecule has 3 aromatic rings. The van der Waals surface area contributed by atoms with Crippen molar-refractivity contribution in [2.75, 3.05) is 23.9 Å². The number of nitro groups is 1. The third-order valence-electron chi connectivity index (χ3n) is 6.40. The summed E-state index contributed by atoms with van der Waals surface area (Å²) in [6.45, 7) is 2.72. The van der Waals surface area contributed by atoms with Gasteiger partial charge >= 0.3 is 0 Å². The number of piperidine rings is 1. The van der Waals surface area contributed by atoms with Gasteiger partial charge in [0.2, 0.25) is 5.91 Å². The zero-order valence-corrected chi connectivity index (χ0v) is 21.3. The van der Waals surface area contributed by atoms with Gasteiger partial charge in [0.25, 0.3) is 15.7 Å². The summed E-state index contributed by atoms with van der Waals surface area (Å²) < 4.78 is 27.9. The normalized spacial score (nSPS) is 14.2. The summed E-state index contributed by atoms with van der Waals surface area (Å²) in [6, 6.07) is 20.8. The Morgan fingerprint density at radius 1 is 0.892 bits per heavy atom. The molecular weight excluding hydrogens is 492 g/mol. The van der Waals surface area contributed by atoms with Crippen molar-refractivity contribution in [2.24, 2.45) is 0 Å². The number of benzene rings is 3. The molecule has 9 nitrogen and oxygen atoms in total. The fraction of sp³-hybridized carbons (Fsp3) is 0.296. The van der Waals surface area contributed by atoms with Crippen LogP contribution in [0.3, 0.4) is 0 Å². The number of amides is 1. The van der Waals surface area contributed by atoms with Crippen molar-refractivity contribution in [3.8, 4) is 0 Å². The molecule has 0 spiro atoms. The monoisotopic (exact) mass is 522 g/mol. The maximum Gasteiger partial charge on any atom is 0.269 e. The first-order chi connectivity index (χ1) is 17.8. The lowest BCUT2D eigenvalue weighted by molar-refractivity contribution is -0.384. The van der Waals surface area contributed by atoms with Crippen molar-refractivity contribution in [2.45, 2.75) is 37.2 Å². The van der Waals surface area contributed by atoms with E-state index in [1.807, 2.05) is 18.2 Å². The molecule has 1 aliphatic heterocycles. The summed E-state index contributed by atoms with van der Waals surface area (Å²) in [5.41, 5.74) is 2.11. The summed E-state index contributed by atoms with van der Waals surface area (Å²) in [5, 5.41) is 13.9. The smallest absolute Gasteiger partial charge is 0.269 e. The van der Waals surface area contributed by atoms with Gasteiger partial charge in [0, 0.05) is 25.2 Å². The van der Waals surface area contributed by atoms with Crippen molar-refractivity contribution in [1.29, 1.82) is 0 Å². The van der Waals surface area contributed by atoms with E-state index in [-0.39, 0.29) is 22.8 Å². The fourth-order valence-electron chi connectivity index (χ4n) is 4.40. The molecule has 10 heteroatoms. The van der Waals surface area contributed by atoms with E-state index in [1.54, 1.807) is 18.2 Å². The van der Waals surface area contributed by atoms with E-state index in [0.717, 1.165) is 35.1 Å². The van der Waals surface area contributed by atoms with Crippen molar-refractivity contribution in [3.63, 3.8) is 0 Å². The van der Waals surface area contributed by atoms with Crippen LogP contribution in [0.5, 0.6) is 0 Å². The third-order valence-corrected chi connectivity index (χ3v) is 8.19. The molecule has 0 radical (unpaired) electrons. The average Bonchev–Trinajstić information content (AvgIpc) is 2.92.